The lowest BCUT2D eigenvalue weighted by Gasteiger charge is -2.17. The van der Waals surface area contributed by atoms with Gasteiger partial charge in [-0.25, -0.2) is 9.50 Å². The first-order valence-electron chi connectivity index (χ1n) is 5.45. The molecular weight excluding hydrogens is 295 g/mol. The highest BCUT2D eigenvalue weighted by Crippen LogP contribution is 2.36. The molecule has 20 heavy (non-hydrogen) atoms. The van der Waals surface area contributed by atoms with Crippen LogP contribution in [0.4, 0.5) is 13.2 Å². The average molecular weight is 305 g/mol. The summed E-state index contributed by atoms with van der Waals surface area (Å²) in [7, 11) is 0. The summed E-state index contributed by atoms with van der Waals surface area (Å²) in [6, 6.07) is 0.854. The third-order valence-corrected chi connectivity index (χ3v) is 3.70. The Morgan fingerprint density at radius 1 is 1.40 bits per heavy atom. The number of aliphatic carboxylic acids is 1. The highest BCUT2D eigenvalue weighted by molar-refractivity contribution is 8.01. The molecule has 0 unspecified atom stereocenters. The Labute approximate surface area is 115 Å². The zero-order valence-corrected chi connectivity index (χ0v) is 11.3. The van der Waals surface area contributed by atoms with E-state index in [1.807, 2.05) is 0 Å². The number of hydrogen-bond donors (Lipinski definition) is 1. The van der Waals surface area contributed by atoms with E-state index in [1.165, 1.54) is 26.2 Å². The molecule has 0 aliphatic rings. The number of hydrogen-bond acceptors (Lipinski definition) is 4. The van der Waals surface area contributed by atoms with Gasteiger partial charge in [-0.15, -0.1) is 0 Å². The lowest BCUT2D eigenvalue weighted by Crippen LogP contribution is -2.27. The van der Waals surface area contributed by atoms with Crippen molar-refractivity contribution < 1.29 is 23.1 Å². The van der Waals surface area contributed by atoms with Crippen LogP contribution in [0.25, 0.3) is 5.52 Å². The minimum Gasteiger partial charge on any atom is -0.480 e. The molecule has 2 heterocycles. The van der Waals surface area contributed by atoms with Crippen LogP contribution in [0, 0.1) is 0 Å². The largest absolute Gasteiger partial charge is 0.480 e. The van der Waals surface area contributed by atoms with E-state index in [4.69, 9.17) is 5.11 Å². The standard InChI is InChI=1S/C11H10F3N3O2S/c1-10(2,9(18)19)20-8-6-5-7(11(12,13)14)16-17(6)4-3-15-8/h3-5H,1-2H3,(H,18,19). The molecule has 0 atom stereocenters. The molecular formula is C11H10F3N3O2S. The lowest BCUT2D eigenvalue weighted by atomic mass is 10.2. The maximum atomic E-state index is 12.6. The summed E-state index contributed by atoms with van der Waals surface area (Å²) in [5.41, 5.74) is -0.917. The highest BCUT2D eigenvalue weighted by Gasteiger charge is 2.35. The summed E-state index contributed by atoms with van der Waals surface area (Å²) in [5.74, 6) is -1.08. The van der Waals surface area contributed by atoms with Crippen LogP contribution >= 0.6 is 11.8 Å². The molecule has 0 aliphatic carbocycles. The normalized spacial score (nSPS) is 12.8. The molecule has 0 saturated carbocycles. The number of carboxylic acids is 1. The van der Waals surface area contributed by atoms with E-state index in [2.05, 4.69) is 10.1 Å². The van der Waals surface area contributed by atoms with Crippen LogP contribution in [0.15, 0.2) is 23.5 Å². The minimum atomic E-state index is -4.56. The SMILES string of the molecule is CC(C)(Sc1nccn2nc(C(F)(F)F)cc12)C(=O)O. The van der Waals surface area contributed by atoms with Crippen LogP contribution in [-0.2, 0) is 11.0 Å². The van der Waals surface area contributed by atoms with E-state index in [0.29, 0.717) is 0 Å². The number of nitrogens with zero attached hydrogens (tertiary/aromatic N) is 3. The van der Waals surface area contributed by atoms with Crippen molar-refractivity contribution in [2.45, 2.75) is 29.8 Å². The van der Waals surface area contributed by atoms with Gasteiger partial charge >= 0.3 is 12.1 Å². The van der Waals surface area contributed by atoms with Crippen LogP contribution in [0.3, 0.4) is 0 Å². The van der Waals surface area contributed by atoms with Gasteiger partial charge < -0.3 is 5.11 Å². The molecule has 2 aromatic heterocycles. The number of rotatable bonds is 3. The molecule has 0 spiro atoms. The zero-order valence-electron chi connectivity index (χ0n) is 10.5. The molecule has 0 saturated heterocycles. The minimum absolute atomic E-state index is 0.124. The molecule has 5 nitrogen and oxygen atoms in total. The number of aromatic nitrogens is 3. The Balaban J connectivity index is 2.50. The van der Waals surface area contributed by atoms with E-state index in [1.54, 1.807) is 0 Å². The van der Waals surface area contributed by atoms with Crippen molar-refractivity contribution >= 4 is 23.2 Å². The van der Waals surface area contributed by atoms with Crippen molar-refractivity contribution in [1.82, 2.24) is 14.6 Å². The van der Waals surface area contributed by atoms with Gasteiger partial charge in [-0.3, -0.25) is 4.79 Å². The summed E-state index contributed by atoms with van der Waals surface area (Å²) in [5, 5.41) is 12.7. The van der Waals surface area contributed by atoms with Crippen LogP contribution in [0.1, 0.15) is 19.5 Å². The Morgan fingerprint density at radius 2 is 2.05 bits per heavy atom. The fourth-order valence-electron chi connectivity index (χ4n) is 1.40. The topological polar surface area (TPSA) is 67.5 Å². The fourth-order valence-corrected chi connectivity index (χ4v) is 2.34. The van der Waals surface area contributed by atoms with E-state index >= 15 is 0 Å². The van der Waals surface area contributed by atoms with Gasteiger partial charge in [-0.1, -0.05) is 11.8 Å². The third-order valence-electron chi connectivity index (χ3n) is 2.51. The van der Waals surface area contributed by atoms with Gasteiger partial charge in [0.2, 0.25) is 0 Å². The smallest absolute Gasteiger partial charge is 0.435 e. The number of halogens is 3. The van der Waals surface area contributed by atoms with Crippen molar-refractivity contribution in [3.63, 3.8) is 0 Å². The van der Waals surface area contributed by atoms with Gasteiger partial charge in [-0.2, -0.15) is 18.3 Å². The Hall–Kier alpha value is -1.77. The van der Waals surface area contributed by atoms with Gasteiger partial charge in [-0.05, 0) is 19.9 Å². The zero-order chi connectivity index (χ0) is 15.1. The van der Waals surface area contributed by atoms with E-state index < -0.39 is 22.6 Å². The highest BCUT2D eigenvalue weighted by atomic mass is 32.2. The number of thioether (sulfide) groups is 1. The third kappa shape index (κ3) is 2.72. The second-order valence-electron chi connectivity index (χ2n) is 4.51. The maximum absolute atomic E-state index is 12.6. The Kier molecular flexibility index (Phi) is 3.41. The summed E-state index contributed by atoms with van der Waals surface area (Å²) in [6.07, 6.45) is -2.00. The quantitative estimate of drug-likeness (QED) is 0.883. The molecule has 0 amide bonds. The summed E-state index contributed by atoms with van der Waals surface area (Å²) < 4.78 is 37.7. The van der Waals surface area contributed by atoms with Gasteiger partial charge in [0, 0.05) is 12.4 Å². The summed E-state index contributed by atoms with van der Waals surface area (Å²) >= 11 is 0.869. The predicted molar refractivity (Wildman–Crippen MR) is 65.6 cm³/mol. The second-order valence-corrected chi connectivity index (χ2v) is 6.12. The van der Waals surface area contributed by atoms with Crippen molar-refractivity contribution in [1.29, 1.82) is 0 Å². The van der Waals surface area contributed by atoms with Crippen LogP contribution in [0.2, 0.25) is 0 Å². The van der Waals surface area contributed by atoms with Gasteiger partial charge in [0.05, 0.1) is 5.52 Å². The molecule has 0 bridgehead atoms. The van der Waals surface area contributed by atoms with Crippen LogP contribution in [-0.4, -0.2) is 30.4 Å². The van der Waals surface area contributed by atoms with E-state index in [-0.39, 0.29) is 10.5 Å². The van der Waals surface area contributed by atoms with Crippen LogP contribution < -0.4 is 0 Å². The molecule has 2 aromatic rings. The summed E-state index contributed by atoms with van der Waals surface area (Å²) in [4.78, 5) is 15.0. The molecule has 1 N–H and O–H groups in total. The number of carbonyl (C=O) groups is 1. The Morgan fingerprint density at radius 3 is 2.60 bits per heavy atom. The molecule has 2 rings (SSSR count). The van der Waals surface area contributed by atoms with Crippen LogP contribution in [0.5, 0.6) is 0 Å². The monoisotopic (exact) mass is 305 g/mol. The molecule has 9 heteroatoms. The first-order valence-corrected chi connectivity index (χ1v) is 6.27. The first kappa shape index (κ1) is 14.6. The molecule has 0 aliphatic heterocycles. The fraction of sp³-hybridized carbons (Fsp3) is 0.364. The summed E-state index contributed by atoms with van der Waals surface area (Å²) in [6.45, 7) is 2.90. The van der Waals surface area contributed by atoms with E-state index in [0.717, 1.165) is 22.3 Å². The lowest BCUT2D eigenvalue weighted by molar-refractivity contribution is -0.141. The van der Waals surface area contributed by atoms with Crippen molar-refractivity contribution in [2.24, 2.45) is 0 Å². The molecule has 108 valence electrons. The predicted octanol–water partition coefficient (Wildman–Crippen LogP) is 2.70. The number of fused-ring (bicyclic) bond motifs is 1. The van der Waals surface area contributed by atoms with Gasteiger partial charge in [0.25, 0.3) is 0 Å². The average Bonchev–Trinajstić information content (AvgIpc) is 2.73. The van der Waals surface area contributed by atoms with Gasteiger partial charge in [0.15, 0.2) is 5.69 Å². The maximum Gasteiger partial charge on any atom is 0.435 e. The molecule has 0 aromatic carbocycles. The van der Waals surface area contributed by atoms with Crippen molar-refractivity contribution in [3.8, 4) is 0 Å². The first-order chi connectivity index (χ1) is 9.11. The second kappa shape index (κ2) is 4.65. The number of alkyl halides is 3. The van der Waals surface area contributed by atoms with Crippen molar-refractivity contribution in [2.75, 3.05) is 0 Å². The Bertz CT molecular complexity index is 666. The van der Waals surface area contributed by atoms with Crippen molar-refractivity contribution in [3.05, 3.63) is 24.2 Å². The molecule has 0 fully saturated rings. The molecule has 0 radical (unpaired) electrons. The number of carboxylic acid groups (broad SMARTS) is 1. The van der Waals surface area contributed by atoms with Gasteiger partial charge in [0.1, 0.15) is 9.77 Å². The van der Waals surface area contributed by atoms with E-state index in [9.17, 15) is 18.0 Å².